The third kappa shape index (κ3) is 4.61. The normalized spacial score (nSPS) is 12.4. The molecule has 1 unspecified atom stereocenters. The molecule has 0 spiro atoms. The second-order valence-electron chi connectivity index (χ2n) is 2.69. The molecule has 0 aromatic rings. The zero-order valence-electron chi connectivity index (χ0n) is 7.42. The van der Waals surface area contributed by atoms with Gasteiger partial charge < -0.3 is 16.0 Å². The number of likely N-dealkylation sites (N-methyl/N-ethyl adjacent to an activating group) is 1. The SMILES string of the molecule is CCNC(=O)N(C)CC(C)N. The van der Waals surface area contributed by atoms with Gasteiger partial charge in [-0.1, -0.05) is 0 Å². The van der Waals surface area contributed by atoms with Crippen molar-refractivity contribution in [3.63, 3.8) is 0 Å². The molecule has 3 N–H and O–H groups in total. The minimum atomic E-state index is -0.0650. The highest BCUT2D eigenvalue weighted by Gasteiger charge is 2.07. The van der Waals surface area contributed by atoms with Crippen molar-refractivity contribution < 1.29 is 4.79 Å². The highest BCUT2D eigenvalue weighted by atomic mass is 16.2. The summed E-state index contributed by atoms with van der Waals surface area (Å²) >= 11 is 0. The van der Waals surface area contributed by atoms with Crippen LogP contribution in [0.1, 0.15) is 13.8 Å². The van der Waals surface area contributed by atoms with E-state index in [1.807, 2.05) is 13.8 Å². The maximum Gasteiger partial charge on any atom is 0.317 e. The fourth-order valence-electron chi connectivity index (χ4n) is 0.801. The summed E-state index contributed by atoms with van der Waals surface area (Å²) in [5, 5.41) is 2.68. The molecule has 11 heavy (non-hydrogen) atoms. The van der Waals surface area contributed by atoms with Crippen LogP contribution in [0.4, 0.5) is 4.79 Å². The van der Waals surface area contributed by atoms with Crippen molar-refractivity contribution in [1.29, 1.82) is 0 Å². The number of amides is 2. The molecule has 0 aliphatic rings. The standard InChI is InChI=1S/C7H17N3O/c1-4-9-7(11)10(3)5-6(2)8/h6H,4-5,8H2,1-3H3,(H,9,11). The van der Waals surface area contributed by atoms with Crippen LogP contribution < -0.4 is 11.1 Å². The Hall–Kier alpha value is -0.770. The third-order valence-electron chi connectivity index (χ3n) is 1.24. The van der Waals surface area contributed by atoms with Crippen molar-refractivity contribution in [2.75, 3.05) is 20.1 Å². The minimum Gasteiger partial charge on any atom is -0.338 e. The number of carbonyl (C=O) groups is 1. The lowest BCUT2D eigenvalue weighted by Crippen LogP contribution is -2.42. The van der Waals surface area contributed by atoms with E-state index in [9.17, 15) is 4.79 Å². The van der Waals surface area contributed by atoms with E-state index >= 15 is 0 Å². The topological polar surface area (TPSA) is 58.4 Å². The van der Waals surface area contributed by atoms with E-state index in [1.165, 1.54) is 0 Å². The van der Waals surface area contributed by atoms with Gasteiger partial charge in [0.25, 0.3) is 0 Å². The van der Waals surface area contributed by atoms with Crippen molar-refractivity contribution in [2.24, 2.45) is 5.73 Å². The number of hydrogen-bond donors (Lipinski definition) is 2. The van der Waals surface area contributed by atoms with Gasteiger partial charge in [-0.05, 0) is 13.8 Å². The molecule has 0 aromatic heterocycles. The lowest BCUT2D eigenvalue weighted by Gasteiger charge is -2.19. The van der Waals surface area contributed by atoms with Crippen LogP contribution >= 0.6 is 0 Å². The first-order chi connectivity index (χ1) is 5.07. The molecule has 0 bridgehead atoms. The molecule has 0 rings (SSSR count). The third-order valence-corrected chi connectivity index (χ3v) is 1.24. The first-order valence-electron chi connectivity index (χ1n) is 3.82. The molecule has 4 heteroatoms. The molecule has 0 heterocycles. The van der Waals surface area contributed by atoms with Gasteiger partial charge in [0.15, 0.2) is 0 Å². The lowest BCUT2D eigenvalue weighted by molar-refractivity contribution is 0.207. The van der Waals surface area contributed by atoms with Crippen molar-refractivity contribution >= 4 is 6.03 Å². The largest absolute Gasteiger partial charge is 0.338 e. The summed E-state index contributed by atoms with van der Waals surface area (Å²) in [4.78, 5) is 12.6. The minimum absolute atomic E-state index is 0.0302. The summed E-state index contributed by atoms with van der Waals surface area (Å²) in [6.45, 7) is 5.00. The average molecular weight is 159 g/mol. The van der Waals surface area contributed by atoms with Crippen molar-refractivity contribution in [2.45, 2.75) is 19.9 Å². The van der Waals surface area contributed by atoms with Crippen LogP contribution in [0.25, 0.3) is 0 Å². The molecule has 0 saturated heterocycles. The Bertz CT molecular complexity index is 125. The molecule has 0 fully saturated rings. The van der Waals surface area contributed by atoms with E-state index in [4.69, 9.17) is 5.73 Å². The summed E-state index contributed by atoms with van der Waals surface area (Å²) in [5.41, 5.74) is 5.51. The second-order valence-corrected chi connectivity index (χ2v) is 2.69. The van der Waals surface area contributed by atoms with Crippen LogP contribution in [0, 0.1) is 0 Å². The number of nitrogens with zero attached hydrogens (tertiary/aromatic N) is 1. The van der Waals surface area contributed by atoms with Crippen LogP contribution in [-0.2, 0) is 0 Å². The van der Waals surface area contributed by atoms with Crippen LogP contribution in [0.2, 0.25) is 0 Å². The van der Waals surface area contributed by atoms with E-state index in [0.29, 0.717) is 13.1 Å². The molecule has 0 radical (unpaired) electrons. The predicted molar refractivity (Wildman–Crippen MR) is 45.4 cm³/mol. The van der Waals surface area contributed by atoms with E-state index in [2.05, 4.69) is 5.32 Å². The van der Waals surface area contributed by atoms with Gasteiger partial charge in [0.05, 0.1) is 0 Å². The summed E-state index contributed by atoms with van der Waals surface area (Å²) in [5.74, 6) is 0. The smallest absolute Gasteiger partial charge is 0.317 e. The molecule has 0 aliphatic carbocycles. The summed E-state index contributed by atoms with van der Waals surface area (Å²) < 4.78 is 0. The predicted octanol–water partition coefficient (Wildman–Crippen LogP) is -0.00510. The fraction of sp³-hybridized carbons (Fsp3) is 0.857. The van der Waals surface area contributed by atoms with Gasteiger partial charge in [-0.15, -0.1) is 0 Å². The van der Waals surface area contributed by atoms with Gasteiger partial charge >= 0.3 is 6.03 Å². The van der Waals surface area contributed by atoms with Crippen LogP contribution in [0.5, 0.6) is 0 Å². The van der Waals surface area contributed by atoms with E-state index in [1.54, 1.807) is 11.9 Å². The molecule has 0 saturated carbocycles. The van der Waals surface area contributed by atoms with Gasteiger partial charge in [-0.3, -0.25) is 0 Å². The Morgan fingerprint density at radius 3 is 2.64 bits per heavy atom. The molecular weight excluding hydrogens is 142 g/mol. The molecule has 0 aliphatic heterocycles. The fourth-order valence-corrected chi connectivity index (χ4v) is 0.801. The van der Waals surface area contributed by atoms with Gasteiger partial charge in [-0.25, -0.2) is 4.79 Å². The molecular formula is C7H17N3O. The monoisotopic (exact) mass is 159 g/mol. The highest BCUT2D eigenvalue weighted by molar-refractivity contribution is 5.73. The molecule has 2 amide bonds. The Balaban J connectivity index is 3.64. The van der Waals surface area contributed by atoms with Crippen LogP contribution in [0.3, 0.4) is 0 Å². The first kappa shape index (κ1) is 10.2. The van der Waals surface area contributed by atoms with E-state index in [0.717, 1.165) is 0 Å². The Morgan fingerprint density at radius 2 is 2.27 bits per heavy atom. The van der Waals surface area contributed by atoms with Crippen molar-refractivity contribution in [1.82, 2.24) is 10.2 Å². The van der Waals surface area contributed by atoms with Gasteiger partial charge in [0.2, 0.25) is 0 Å². The lowest BCUT2D eigenvalue weighted by atomic mass is 10.3. The number of hydrogen-bond acceptors (Lipinski definition) is 2. The van der Waals surface area contributed by atoms with E-state index in [-0.39, 0.29) is 12.1 Å². The summed E-state index contributed by atoms with van der Waals surface area (Å²) in [6.07, 6.45) is 0. The zero-order chi connectivity index (χ0) is 8.85. The number of urea groups is 1. The van der Waals surface area contributed by atoms with E-state index < -0.39 is 0 Å². The number of nitrogens with two attached hydrogens (primary N) is 1. The van der Waals surface area contributed by atoms with Crippen LogP contribution in [0.15, 0.2) is 0 Å². The first-order valence-corrected chi connectivity index (χ1v) is 3.82. The number of nitrogens with one attached hydrogen (secondary N) is 1. The highest BCUT2D eigenvalue weighted by Crippen LogP contribution is 1.85. The Morgan fingerprint density at radius 1 is 1.73 bits per heavy atom. The maximum atomic E-state index is 11.0. The van der Waals surface area contributed by atoms with Gasteiger partial charge in [0, 0.05) is 26.2 Å². The molecule has 66 valence electrons. The zero-order valence-corrected chi connectivity index (χ0v) is 7.42. The Kier molecular flexibility index (Phi) is 4.61. The van der Waals surface area contributed by atoms with Gasteiger partial charge in [-0.2, -0.15) is 0 Å². The summed E-state index contributed by atoms with van der Waals surface area (Å²) in [6, 6.07) is -0.0348. The Labute approximate surface area is 67.7 Å². The number of carbonyl (C=O) groups excluding carboxylic acids is 1. The molecule has 0 aromatic carbocycles. The molecule has 4 nitrogen and oxygen atoms in total. The summed E-state index contributed by atoms with van der Waals surface area (Å²) in [7, 11) is 1.73. The van der Waals surface area contributed by atoms with Gasteiger partial charge in [0.1, 0.15) is 0 Å². The second kappa shape index (κ2) is 4.96. The van der Waals surface area contributed by atoms with Crippen molar-refractivity contribution in [3.05, 3.63) is 0 Å². The van der Waals surface area contributed by atoms with Crippen molar-refractivity contribution in [3.8, 4) is 0 Å². The quantitative estimate of drug-likeness (QED) is 0.608. The molecule has 1 atom stereocenters. The van der Waals surface area contributed by atoms with Crippen LogP contribution in [-0.4, -0.2) is 37.1 Å². The average Bonchev–Trinajstić information content (AvgIpc) is 1.86. The maximum absolute atomic E-state index is 11.0. The number of rotatable bonds is 3.